The SMILES string of the molecule is O=S(=O)(Nc1ncc(C#CCO)s1)c1ccn[nH]1. The normalized spacial score (nSPS) is 10.7. The Kier molecular flexibility index (Phi) is 3.61. The summed E-state index contributed by atoms with van der Waals surface area (Å²) in [4.78, 5) is 4.44. The van der Waals surface area contributed by atoms with E-state index in [0.717, 1.165) is 11.3 Å². The van der Waals surface area contributed by atoms with Gasteiger partial charge in [0, 0.05) is 0 Å². The largest absolute Gasteiger partial charge is 0.384 e. The Morgan fingerprint density at radius 2 is 2.39 bits per heavy atom. The quantitative estimate of drug-likeness (QED) is 0.688. The van der Waals surface area contributed by atoms with Crippen molar-refractivity contribution in [2.45, 2.75) is 5.03 Å². The van der Waals surface area contributed by atoms with Crippen LogP contribution in [0.5, 0.6) is 0 Å². The van der Waals surface area contributed by atoms with E-state index in [2.05, 4.69) is 31.7 Å². The van der Waals surface area contributed by atoms with Crippen LogP contribution in [-0.4, -0.2) is 35.3 Å². The van der Waals surface area contributed by atoms with Gasteiger partial charge in [-0.3, -0.25) is 9.82 Å². The van der Waals surface area contributed by atoms with E-state index in [1.54, 1.807) is 0 Å². The zero-order valence-electron chi connectivity index (χ0n) is 8.91. The number of anilines is 1. The topological polar surface area (TPSA) is 108 Å². The lowest BCUT2D eigenvalue weighted by molar-refractivity contribution is 0.350. The summed E-state index contributed by atoms with van der Waals surface area (Å²) in [7, 11) is -3.69. The molecule has 18 heavy (non-hydrogen) atoms. The van der Waals surface area contributed by atoms with Gasteiger partial charge in [0.05, 0.1) is 17.3 Å². The fourth-order valence-electron chi connectivity index (χ4n) is 1.07. The summed E-state index contributed by atoms with van der Waals surface area (Å²) in [5.41, 5.74) is 0. The number of H-pyrrole nitrogens is 1. The molecule has 2 heterocycles. The fraction of sp³-hybridized carbons (Fsp3) is 0.111. The summed E-state index contributed by atoms with van der Waals surface area (Å²) in [6.45, 7) is -0.257. The molecule has 7 nitrogen and oxygen atoms in total. The van der Waals surface area contributed by atoms with E-state index >= 15 is 0 Å². The van der Waals surface area contributed by atoms with Crippen LogP contribution in [0.1, 0.15) is 4.88 Å². The Bertz CT molecular complexity index is 679. The van der Waals surface area contributed by atoms with Crippen molar-refractivity contribution in [2.75, 3.05) is 11.3 Å². The maximum atomic E-state index is 11.8. The molecular formula is C9H8N4O3S2. The second-order valence-corrected chi connectivity index (χ2v) is 5.70. The van der Waals surface area contributed by atoms with Gasteiger partial charge in [0.15, 0.2) is 10.2 Å². The van der Waals surface area contributed by atoms with E-state index in [4.69, 9.17) is 5.11 Å². The first-order valence-corrected chi connectivity index (χ1v) is 6.99. The zero-order chi connectivity index (χ0) is 13.0. The number of hydrogen-bond acceptors (Lipinski definition) is 6. The highest BCUT2D eigenvalue weighted by Gasteiger charge is 2.17. The molecule has 0 saturated heterocycles. The summed E-state index contributed by atoms with van der Waals surface area (Å²) in [5, 5.41) is 14.6. The summed E-state index contributed by atoms with van der Waals surface area (Å²) in [6, 6.07) is 1.34. The van der Waals surface area contributed by atoms with Crippen molar-refractivity contribution in [1.82, 2.24) is 15.2 Å². The zero-order valence-corrected chi connectivity index (χ0v) is 10.5. The van der Waals surface area contributed by atoms with Gasteiger partial charge in [-0.1, -0.05) is 23.2 Å². The van der Waals surface area contributed by atoms with Gasteiger partial charge in [0.1, 0.15) is 6.61 Å². The molecule has 0 aliphatic heterocycles. The Morgan fingerprint density at radius 1 is 1.56 bits per heavy atom. The van der Waals surface area contributed by atoms with Crippen LogP contribution in [0.3, 0.4) is 0 Å². The lowest BCUT2D eigenvalue weighted by Gasteiger charge is -2.00. The molecule has 0 unspecified atom stereocenters. The molecule has 0 aromatic carbocycles. The van der Waals surface area contributed by atoms with Gasteiger partial charge in [-0.2, -0.15) is 13.5 Å². The molecule has 94 valence electrons. The van der Waals surface area contributed by atoms with Crippen molar-refractivity contribution < 1.29 is 13.5 Å². The Labute approximate surface area is 107 Å². The molecule has 0 fully saturated rings. The fourth-order valence-corrected chi connectivity index (χ4v) is 2.91. The number of sulfonamides is 1. The molecule has 0 radical (unpaired) electrons. The lowest BCUT2D eigenvalue weighted by atomic mass is 10.5. The minimum absolute atomic E-state index is 0.0410. The highest BCUT2D eigenvalue weighted by molar-refractivity contribution is 7.92. The predicted octanol–water partition coefficient (Wildman–Crippen LogP) is 0.0108. The highest BCUT2D eigenvalue weighted by atomic mass is 32.2. The maximum absolute atomic E-state index is 11.8. The van der Waals surface area contributed by atoms with Gasteiger partial charge in [-0.15, -0.1) is 0 Å². The van der Waals surface area contributed by atoms with Crippen LogP contribution >= 0.6 is 11.3 Å². The molecule has 2 rings (SSSR count). The minimum atomic E-state index is -3.69. The van der Waals surface area contributed by atoms with E-state index in [9.17, 15) is 8.42 Å². The third-order valence-corrected chi connectivity index (χ3v) is 4.01. The molecule has 0 spiro atoms. The lowest BCUT2D eigenvalue weighted by Crippen LogP contribution is -2.13. The minimum Gasteiger partial charge on any atom is -0.384 e. The summed E-state index contributed by atoms with van der Waals surface area (Å²) in [5.74, 6) is 5.09. The number of aliphatic hydroxyl groups is 1. The molecule has 3 N–H and O–H groups in total. The first kappa shape index (κ1) is 12.6. The molecule has 9 heteroatoms. The second-order valence-electron chi connectivity index (χ2n) is 3.02. The first-order valence-electron chi connectivity index (χ1n) is 4.69. The number of aliphatic hydroxyl groups excluding tert-OH is 1. The Balaban J connectivity index is 2.17. The van der Waals surface area contributed by atoms with Crippen LogP contribution < -0.4 is 4.72 Å². The van der Waals surface area contributed by atoms with E-state index in [-0.39, 0.29) is 16.8 Å². The Morgan fingerprint density at radius 3 is 3.06 bits per heavy atom. The van der Waals surface area contributed by atoms with Crippen LogP contribution in [0.4, 0.5) is 5.13 Å². The molecular weight excluding hydrogens is 276 g/mol. The van der Waals surface area contributed by atoms with Crippen molar-refractivity contribution in [2.24, 2.45) is 0 Å². The maximum Gasteiger partial charge on any atom is 0.280 e. The number of aromatic amines is 1. The third kappa shape index (κ3) is 2.86. The van der Waals surface area contributed by atoms with Crippen molar-refractivity contribution >= 4 is 26.5 Å². The number of nitrogens with one attached hydrogen (secondary N) is 2. The van der Waals surface area contributed by atoms with Gasteiger partial charge in [0.25, 0.3) is 10.0 Å². The van der Waals surface area contributed by atoms with Crippen molar-refractivity contribution in [1.29, 1.82) is 0 Å². The second kappa shape index (κ2) is 5.18. The number of hydrogen-bond donors (Lipinski definition) is 3. The molecule has 0 aliphatic rings. The van der Waals surface area contributed by atoms with Crippen LogP contribution in [0.15, 0.2) is 23.5 Å². The number of thiazole rings is 1. The molecule has 0 aliphatic carbocycles. The van der Waals surface area contributed by atoms with Crippen LogP contribution in [0.25, 0.3) is 0 Å². The first-order chi connectivity index (χ1) is 8.62. The molecule has 0 amide bonds. The number of rotatable bonds is 3. The van der Waals surface area contributed by atoms with Crippen molar-refractivity contribution in [3.8, 4) is 11.8 Å². The smallest absolute Gasteiger partial charge is 0.280 e. The van der Waals surface area contributed by atoms with Gasteiger partial charge in [-0.25, -0.2) is 4.98 Å². The Hall–Kier alpha value is -1.89. The molecule has 0 atom stereocenters. The third-order valence-electron chi connectivity index (χ3n) is 1.78. The van der Waals surface area contributed by atoms with Crippen molar-refractivity contribution in [3.05, 3.63) is 23.3 Å². The van der Waals surface area contributed by atoms with Crippen molar-refractivity contribution in [3.63, 3.8) is 0 Å². The van der Waals surface area contributed by atoms with Crippen LogP contribution in [0, 0.1) is 11.8 Å². The summed E-state index contributed by atoms with van der Waals surface area (Å²) >= 11 is 1.08. The van der Waals surface area contributed by atoms with E-state index < -0.39 is 10.0 Å². The molecule has 2 aromatic heterocycles. The summed E-state index contributed by atoms with van der Waals surface area (Å²) in [6.07, 6.45) is 2.77. The van der Waals surface area contributed by atoms with Gasteiger partial charge in [-0.05, 0) is 6.07 Å². The van der Waals surface area contributed by atoms with Gasteiger partial charge in [0.2, 0.25) is 0 Å². The molecule has 0 bridgehead atoms. The van der Waals surface area contributed by atoms with Gasteiger partial charge < -0.3 is 5.11 Å². The van der Waals surface area contributed by atoms with E-state index in [0.29, 0.717) is 4.88 Å². The highest BCUT2D eigenvalue weighted by Crippen LogP contribution is 2.20. The molecule has 2 aromatic rings. The van der Waals surface area contributed by atoms with Gasteiger partial charge >= 0.3 is 0 Å². The summed E-state index contributed by atoms with van der Waals surface area (Å²) < 4.78 is 25.9. The van der Waals surface area contributed by atoms with Crippen LogP contribution in [0.2, 0.25) is 0 Å². The predicted molar refractivity (Wildman–Crippen MR) is 65.5 cm³/mol. The number of nitrogens with zero attached hydrogens (tertiary/aromatic N) is 2. The molecule has 0 saturated carbocycles. The van der Waals surface area contributed by atoms with E-state index in [1.165, 1.54) is 18.5 Å². The monoisotopic (exact) mass is 284 g/mol. The van der Waals surface area contributed by atoms with E-state index in [1.807, 2.05) is 0 Å². The number of aromatic nitrogens is 3. The average Bonchev–Trinajstić information content (AvgIpc) is 2.96. The van der Waals surface area contributed by atoms with Crippen LogP contribution in [-0.2, 0) is 10.0 Å². The standard InChI is InChI=1S/C9H8N4O3S2/c14-5-1-2-7-6-10-9(17-7)13-18(15,16)8-3-4-11-12-8/h3-4,6,14H,5H2,(H,10,13)(H,11,12). The average molecular weight is 284 g/mol.